The Balaban J connectivity index is 2.35. The number of imidazole rings is 1. The molecule has 0 aliphatic heterocycles. The molecular formula is C14H14ClF3N4O2. The fourth-order valence-electron chi connectivity index (χ4n) is 2.14. The van der Waals surface area contributed by atoms with Crippen molar-refractivity contribution < 1.29 is 22.8 Å². The molecule has 10 heteroatoms. The van der Waals surface area contributed by atoms with Crippen molar-refractivity contribution in [3.05, 3.63) is 34.2 Å². The average molecular weight is 363 g/mol. The minimum Gasteiger partial charge on any atom is -0.355 e. The number of nitrogens with zero attached hydrogens (tertiary/aromatic N) is 2. The predicted octanol–water partition coefficient (Wildman–Crippen LogP) is 2.18. The first-order valence-corrected chi connectivity index (χ1v) is 7.27. The lowest BCUT2D eigenvalue weighted by Crippen LogP contribution is -2.34. The van der Waals surface area contributed by atoms with E-state index in [0.29, 0.717) is 0 Å². The minimum atomic E-state index is -4.60. The Labute approximate surface area is 140 Å². The first-order valence-electron chi connectivity index (χ1n) is 6.89. The number of hydrogen-bond donors (Lipinski definition) is 2. The number of carbonyl (C=O) groups excluding carboxylic acids is 2. The standard InChI is InChI=1S/C14H14ClF3N4O2/c1-7-11(13(24)20-4-3-19-8(2)23)22-6-9(14(16,17)18)5-10(15)12(22)21-7/h5-6H,3-4H2,1-2H3,(H,19,23)(H,20,24). The van der Waals surface area contributed by atoms with E-state index >= 15 is 0 Å². The highest BCUT2D eigenvalue weighted by Gasteiger charge is 2.32. The number of fused-ring (bicyclic) bond motifs is 1. The Bertz CT molecular complexity index is 801. The fraction of sp³-hybridized carbons (Fsp3) is 0.357. The molecule has 2 amide bonds. The summed E-state index contributed by atoms with van der Waals surface area (Å²) in [4.78, 5) is 27.1. The van der Waals surface area contributed by atoms with Crippen molar-refractivity contribution in [3.8, 4) is 0 Å². The van der Waals surface area contributed by atoms with Crippen molar-refractivity contribution in [1.29, 1.82) is 0 Å². The van der Waals surface area contributed by atoms with Gasteiger partial charge in [-0.1, -0.05) is 11.6 Å². The second-order valence-electron chi connectivity index (χ2n) is 5.05. The Morgan fingerprint density at radius 2 is 1.92 bits per heavy atom. The van der Waals surface area contributed by atoms with Crippen LogP contribution in [-0.2, 0) is 11.0 Å². The number of nitrogens with one attached hydrogen (secondary N) is 2. The third-order valence-electron chi connectivity index (χ3n) is 3.18. The van der Waals surface area contributed by atoms with Crippen molar-refractivity contribution >= 4 is 29.1 Å². The number of aromatic nitrogens is 2. The number of amides is 2. The molecular weight excluding hydrogens is 349 g/mol. The molecule has 24 heavy (non-hydrogen) atoms. The van der Waals surface area contributed by atoms with Crippen molar-refractivity contribution in [3.63, 3.8) is 0 Å². The van der Waals surface area contributed by atoms with E-state index in [1.807, 2.05) is 0 Å². The highest BCUT2D eigenvalue weighted by molar-refractivity contribution is 6.33. The van der Waals surface area contributed by atoms with Crippen LogP contribution in [0.3, 0.4) is 0 Å². The summed E-state index contributed by atoms with van der Waals surface area (Å²) in [5.41, 5.74) is -0.715. The highest BCUT2D eigenvalue weighted by atomic mass is 35.5. The summed E-state index contributed by atoms with van der Waals surface area (Å²) in [5.74, 6) is -0.863. The lowest BCUT2D eigenvalue weighted by atomic mass is 10.2. The van der Waals surface area contributed by atoms with Crippen molar-refractivity contribution in [2.45, 2.75) is 20.0 Å². The maximum Gasteiger partial charge on any atom is 0.417 e. The van der Waals surface area contributed by atoms with E-state index in [0.717, 1.165) is 16.7 Å². The molecule has 0 aromatic carbocycles. The Hall–Kier alpha value is -2.29. The summed E-state index contributed by atoms with van der Waals surface area (Å²) in [6.45, 7) is 3.15. The Kier molecular flexibility index (Phi) is 5.02. The van der Waals surface area contributed by atoms with Gasteiger partial charge in [0.25, 0.3) is 5.91 Å². The molecule has 2 heterocycles. The summed E-state index contributed by atoms with van der Waals surface area (Å²) < 4.78 is 39.8. The lowest BCUT2D eigenvalue weighted by Gasteiger charge is -2.10. The van der Waals surface area contributed by atoms with Crippen LogP contribution in [0.2, 0.25) is 5.02 Å². The van der Waals surface area contributed by atoms with E-state index in [2.05, 4.69) is 15.6 Å². The molecule has 0 spiro atoms. The zero-order chi connectivity index (χ0) is 18.1. The highest BCUT2D eigenvalue weighted by Crippen LogP contribution is 2.33. The summed E-state index contributed by atoms with van der Waals surface area (Å²) >= 11 is 5.86. The number of alkyl halides is 3. The SMILES string of the molecule is CC(=O)NCCNC(=O)c1c(C)nc2c(Cl)cc(C(F)(F)F)cn12. The van der Waals surface area contributed by atoms with Gasteiger partial charge in [-0.25, -0.2) is 4.98 Å². The Morgan fingerprint density at radius 3 is 2.50 bits per heavy atom. The first-order chi connectivity index (χ1) is 11.1. The average Bonchev–Trinajstić information content (AvgIpc) is 2.79. The summed E-state index contributed by atoms with van der Waals surface area (Å²) in [6, 6.07) is 0.766. The largest absolute Gasteiger partial charge is 0.417 e. The fourth-order valence-corrected chi connectivity index (χ4v) is 2.40. The molecule has 2 aromatic heterocycles. The molecule has 0 saturated carbocycles. The number of aryl methyl sites for hydroxylation is 1. The molecule has 0 unspecified atom stereocenters. The lowest BCUT2D eigenvalue weighted by molar-refractivity contribution is -0.137. The second kappa shape index (κ2) is 6.68. The molecule has 0 fully saturated rings. The molecule has 130 valence electrons. The van der Waals surface area contributed by atoms with Gasteiger partial charge in [-0.2, -0.15) is 13.2 Å². The maximum atomic E-state index is 12.9. The number of hydrogen-bond acceptors (Lipinski definition) is 3. The van der Waals surface area contributed by atoms with Gasteiger partial charge < -0.3 is 10.6 Å². The number of halogens is 4. The van der Waals surface area contributed by atoms with Gasteiger partial charge in [0.05, 0.1) is 16.3 Å². The van der Waals surface area contributed by atoms with E-state index in [1.54, 1.807) is 0 Å². The zero-order valence-electron chi connectivity index (χ0n) is 12.8. The first kappa shape index (κ1) is 18.1. The van der Waals surface area contributed by atoms with Gasteiger partial charge in [0.2, 0.25) is 5.91 Å². The monoisotopic (exact) mass is 362 g/mol. The van der Waals surface area contributed by atoms with E-state index in [9.17, 15) is 22.8 Å². The molecule has 0 saturated heterocycles. The van der Waals surface area contributed by atoms with Crippen LogP contribution in [0.15, 0.2) is 12.3 Å². The summed E-state index contributed by atoms with van der Waals surface area (Å²) in [7, 11) is 0. The molecule has 2 aromatic rings. The smallest absolute Gasteiger partial charge is 0.355 e. The molecule has 6 nitrogen and oxygen atoms in total. The number of carbonyl (C=O) groups is 2. The van der Waals surface area contributed by atoms with Crippen molar-refractivity contribution in [1.82, 2.24) is 20.0 Å². The van der Waals surface area contributed by atoms with Crippen LogP contribution in [0.25, 0.3) is 5.65 Å². The third kappa shape index (κ3) is 3.78. The molecule has 2 rings (SSSR count). The Morgan fingerprint density at radius 1 is 1.29 bits per heavy atom. The van der Waals surface area contributed by atoms with Gasteiger partial charge in [-0.05, 0) is 13.0 Å². The minimum absolute atomic E-state index is 0.0409. The predicted molar refractivity (Wildman–Crippen MR) is 81.0 cm³/mol. The summed E-state index contributed by atoms with van der Waals surface area (Å²) in [6.07, 6.45) is -3.82. The van der Waals surface area contributed by atoms with E-state index < -0.39 is 17.6 Å². The van der Waals surface area contributed by atoms with Crippen LogP contribution in [0, 0.1) is 6.92 Å². The van der Waals surface area contributed by atoms with E-state index in [4.69, 9.17) is 11.6 Å². The van der Waals surface area contributed by atoms with Crippen LogP contribution < -0.4 is 10.6 Å². The second-order valence-corrected chi connectivity index (χ2v) is 5.46. The molecule has 0 bridgehead atoms. The van der Waals surface area contributed by atoms with Crippen LogP contribution in [0.4, 0.5) is 13.2 Å². The molecule has 0 radical (unpaired) electrons. The summed E-state index contributed by atoms with van der Waals surface area (Å²) in [5, 5.41) is 4.80. The van der Waals surface area contributed by atoms with Crippen LogP contribution in [-0.4, -0.2) is 34.3 Å². The van der Waals surface area contributed by atoms with Gasteiger partial charge in [-0.3, -0.25) is 14.0 Å². The van der Waals surface area contributed by atoms with E-state index in [-0.39, 0.29) is 41.1 Å². The van der Waals surface area contributed by atoms with Gasteiger partial charge in [0.15, 0.2) is 5.65 Å². The molecule has 0 atom stereocenters. The van der Waals surface area contributed by atoms with Crippen molar-refractivity contribution in [2.24, 2.45) is 0 Å². The van der Waals surface area contributed by atoms with Crippen LogP contribution in [0.5, 0.6) is 0 Å². The van der Waals surface area contributed by atoms with Crippen LogP contribution in [0.1, 0.15) is 28.7 Å². The molecule has 0 aliphatic rings. The topological polar surface area (TPSA) is 75.5 Å². The molecule has 0 aliphatic carbocycles. The molecule has 2 N–H and O–H groups in total. The van der Waals surface area contributed by atoms with Gasteiger partial charge in [-0.15, -0.1) is 0 Å². The van der Waals surface area contributed by atoms with Gasteiger partial charge >= 0.3 is 6.18 Å². The quantitative estimate of drug-likeness (QED) is 0.819. The van der Waals surface area contributed by atoms with E-state index in [1.165, 1.54) is 13.8 Å². The number of pyridine rings is 1. The maximum absolute atomic E-state index is 12.9. The van der Waals surface area contributed by atoms with Crippen LogP contribution >= 0.6 is 11.6 Å². The van der Waals surface area contributed by atoms with Gasteiger partial charge in [0, 0.05) is 26.2 Å². The third-order valence-corrected chi connectivity index (χ3v) is 3.45. The van der Waals surface area contributed by atoms with Gasteiger partial charge in [0.1, 0.15) is 5.69 Å². The number of rotatable bonds is 4. The normalized spacial score (nSPS) is 11.6. The zero-order valence-corrected chi connectivity index (χ0v) is 13.5. The van der Waals surface area contributed by atoms with Crippen molar-refractivity contribution in [2.75, 3.05) is 13.1 Å².